The first-order valence-electron chi connectivity index (χ1n) is 8.84. The number of para-hydroxylation sites is 1. The normalized spacial score (nSPS) is 18.8. The van der Waals surface area contributed by atoms with E-state index in [0.717, 1.165) is 22.2 Å². The van der Waals surface area contributed by atoms with Gasteiger partial charge >= 0.3 is 5.97 Å². The summed E-state index contributed by atoms with van der Waals surface area (Å²) in [6, 6.07) is 11.8. The van der Waals surface area contributed by atoms with Gasteiger partial charge in [-0.1, -0.05) is 53.5 Å². The fourth-order valence-corrected chi connectivity index (χ4v) is 4.47. The number of carbonyl (C=O) groups is 2. The first-order chi connectivity index (χ1) is 13.4. The van der Waals surface area contributed by atoms with Crippen molar-refractivity contribution in [2.24, 2.45) is 0 Å². The lowest BCUT2D eigenvalue weighted by Gasteiger charge is -2.40. The van der Waals surface area contributed by atoms with Crippen LogP contribution in [0.3, 0.4) is 0 Å². The Bertz CT molecular complexity index is 1090. The van der Waals surface area contributed by atoms with E-state index in [0.29, 0.717) is 22.0 Å². The number of methoxy groups -OCH3 is 1. The van der Waals surface area contributed by atoms with Crippen LogP contribution in [0.25, 0.3) is 10.9 Å². The first kappa shape index (κ1) is 18.8. The van der Waals surface area contributed by atoms with E-state index in [2.05, 4.69) is 4.98 Å². The Morgan fingerprint density at radius 3 is 2.61 bits per heavy atom. The van der Waals surface area contributed by atoms with Crippen molar-refractivity contribution in [3.63, 3.8) is 0 Å². The van der Waals surface area contributed by atoms with E-state index in [-0.39, 0.29) is 5.91 Å². The summed E-state index contributed by atoms with van der Waals surface area (Å²) in [5.74, 6) is -0.713. The summed E-state index contributed by atoms with van der Waals surface area (Å²) >= 11 is 12.8. The van der Waals surface area contributed by atoms with E-state index in [9.17, 15) is 9.59 Å². The van der Waals surface area contributed by atoms with Crippen LogP contribution in [0.15, 0.2) is 42.5 Å². The number of esters is 1. The van der Waals surface area contributed by atoms with Crippen molar-refractivity contribution in [2.75, 3.05) is 7.11 Å². The molecule has 1 aliphatic heterocycles. The van der Waals surface area contributed by atoms with Crippen molar-refractivity contribution in [2.45, 2.75) is 25.4 Å². The molecule has 5 nitrogen and oxygen atoms in total. The minimum absolute atomic E-state index is 0.249. The van der Waals surface area contributed by atoms with Gasteiger partial charge in [-0.3, -0.25) is 4.79 Å². The number of ether oxygens (including phenoxy) is 1. The highest BCUT2D eigenvalue weighted by atomic mass is 35.5. The fourth-order valence-electron chi connectivity index (χ4n) is 4.06. The third kappa shape index (κ3) is 2.86. The van der Waals surface area contributed by atoms with Crippen molar-refractivity contribution in [3.05, 3.63) is 69.3 Å². The molecular formula is C21H18Cl2N2O3. The van der Waals surface area contributed by atoms with Crippen LogP contribution in [0.2, 0.25) is 10.0 Å². The Morgan fingerprint density at radius 2 is 1.89 bits per heavy atom. The third-order valence-electron chi connectivity index (χ3n) is 5.24. The molecular weight excluding hydrogens is 399 g/mol. The molecule has 1 aliphatic rings. The van der Waals surface area contributed by atoms with Crippen LogP contribution in [-0.4, -0.2) is 34.9 Å². The van der Waals surface area contributed by atoms with Crippen LogP contribution in [0.5, 0.6) is 0 Å². The first-order valence-corrected chi connectivity index (χ1v) is 9.59. The Hall–Kier alpha value is -2.50. The standard InChI is InChI=1S/C21H18Cl2N2O3/c1-11(26)25-17(21(27)28-2)10-14-12-6-3-4-9-16(12)24-19(14)20(25)13-7-5-8-15(22)18(13)23/h3-9,17,20,24H,10H2,1-2H3/t17-,20+/m0/s1. The van der Waals surface area contributed by atoms with Gasteiger partial charge in [-0.2, -0.15) is 0 Å². The van der Waals surface area contributed by atoms with Gasteiger partial charge in [0.1, 0.15) is 6.04 Å². The van der Waals surface area contributed by atoms with Gasteiger partial charge in [-0.25, -0.2) is 4.79 Å². The lowest BCUT2D eigenvalue weighted by Crippen LogP contribution is -2.51. The highest BCUT2D eigenvalue weighted by Crippen LogP contribution is 2.44. The number of H-pyrrole nitrogens is 1. The van der Waals surface area contributed by atoms with Crippen LogP contribution in [0, 0.1) is 0 Å². The van der Waals surface area contributed by atoms with E-state index < -0.39 is 18.1 Å². The second-order valence-electron chi connectivity index (χ2n) is 6.78. The zero-order valence-electron chi connectivity index (χ0n) is 15.3. The number of nitrogens with zero attached hydrogens (tertiary/aromatic N) is 1. The predicted molar refractivity (Wildman–Crippen MR) is 109 cm³/mol. The second kappa shape index (κ2) is 7.15. The number of hydrogen-bond acceptors (Lipinski definition) is 3. The van der Waals surface area contributed by atoms with Crippen LogP contribution in [0.1, 0.15) is 29.8 Å². The maximum absolute atomic E-state index is 12.7. The number of rotatable bonds is 2. The SMILES string of the molecule is COC(=O)[C@@H]1Cc2c([nH]c3ccccc23)[C@@H](c2cccc(Cl)c2Cl)N1C(C)=O. The lowest BCUT2D eigenvalue weighted by atomic mass is 9.88. The van der Waals surface area contributed by atoms with E-state index in [4.69, 9.17) is 27.9 Å². The molecule has 0 fully saturated rings. The number of nitrogens with one attached hydrogen (secondary N) is 1. The van der Waals surface area contributed by atoms with Gasteiger partial charge < -0.3 is 14.6 Å². The molecule has 0 aliphatic carbocycles. The largest absolute Gasteiger partial charge is 0.467 e. The van der Waals surface area contributed by atoms with E-state index in [1.54, 1.807) is 12.1 Å². The summed E-state index contributed by atoms with van der Waals surface area (Å²) in [5.41, 5.74) is 3.40. The number of aromatic amines is 1. The molecule has 7 heteroatoms. The number of aromatic nitrogens is 1. The average Bonchev–Trinajstić information content (AvgIpc) is 3.06. The van der Waals surface area contributed by atoms with E-state index >= 15 is 0 Å². The fraction of sp³-hybridized carbons (Fsp3) is 0.238. The molecule has 3 aromatic rings. The number of halogens is 2. The number of hydrogen-bond donors (Lipinski definition) is 1. The predicted octanol–water partition coefficient (Wildman–Crippen LogP) is 4.51. The van der Waals surface area contributed by atoms with Crippen LogP contribution in [-0.2, 0) is 20.7 Å². The summed E-state index contributed by atoms with van der Waals surface area (Å²) in [5, 5.41) is 1.76. The molecule has 0 bridgehead atoms. The molecule has 0 saturated heterocycles. The molecule has 28 heavy (non-hydrogen) atoms. The molecule has 2 heterocycles. The summed E-state index contributed by atoms with van der Waals surface area (Å²) < 4.78 is 5.01. The molecule has 1 amide bonds. The summed E-state index contributed by atoms with van der Waals surface area (Å²) in [6.45, 7) is 1.44. The van der Waals surface area contributed by atoms with Gasteiger partial charge in [0.15, 0.2) is 0 Å². The molecule has 0 unspecified atom stereocenters. The van der Waals surface area contributed by atoms with Gasteiger partial charge in [0.25, 0.3) is 0 Å². The molecule has 0 spiro atoms. The molecule has 0 saturated carbocycles. The Balaban J connectivity index is 2.03. The summed E-state index contributed by atoms with van der Waals surface area (Å²) in [6.07, 6.45) is 0.361. The Morgan fingerprint density at radius 1 is 1.14 bits per heavy atom. The quantitative estimate of drug-likeness (QED) is 0.625. The van der Waals surface area contributed by atoms with Crippen molar-refractivity contribution >= 4 is 46.0 Å². The Labute approximate surface area is 172 Å². The third-order valence-corrected chi connectivity index (χ3v) is 6.08. The van der Waals surface area contributed by atoms with Gasteiger partial charge in [0.05, 0.1) is 23.2 Å². The highest BCUT2D eigenvalue weighted by Gasteiger charge is 2.43. The van der Waals surface area contributed by atoms with E-state index in [1.165, 1.54) is 18.9 Å². The van der Waals surface area contributed by atoms with E-state index in [1.807, 2.05) is 30.3 Å². The topological polar surface area (TPSA) is 62.4 Å². The highest BCUT2D eigenvalue weighted by molar-refractivity contribution is 6.42. The molecule has 1 N–H and O–H groups in total. The summed E-state index contributed by atoms with van der Waals surface area (Å²) in [4.78, 5) is 30.2. The number of carbonyl (C=O) groups excluding carboxylic acids is 2. The van der Waals surface area contributed by atoms with Gasteiger partial charge in [-0.05, 0) is 17.7 Å². The molecule has 1 aromatic heterocycles. The maximum atomic E-state index is 12.7. The lowest BCUT2D eigenvalue weighted by molar-refractivity contribution is -0.154. The zero-order chi connectivity index (χ0) is 20.0. The van der Waals surface area contributed by atoms with Crippen LogP contribution in [0.4, 0.5) is 0 Å². The van der Waals surface area contributed by atoms with Gasteiger partial charge in [0.2, 0.25) is 5.91 Å². The van der Waals surface area contributed by atoms with Crippen LogP contribution >= 0.6 is 23.2 Å². The monoisotopic (exact) mass is 416 g/mol. The van der Waals surface area contributed by atoms with Gasteiger partial charge in [-0.15, -0.1) is 0 Å². The van der Waals surface area contributed by atoms with Crippen molar-refractivity contribution < 1.29 is 14.3 Å². The van der Waals surface area contributed by atoms with Crippen LogP contribution < -0.4 is 0 Å². The molecule has 4 rings (SSSR count). The molecule has 2 aromatic carbocycles. The number of benzene rings is 2. The second-order valence-corrected chi connectivity index (χ2v) is 7.56. The smallest absolute Gasteiger partial charge is 0.328 e. The zero-order valence-corrected chi connectivity index (χ0v) is 16.8. The minimum Gasteiger partial charge on any atom is -0.467 e. The average molecular weight is 417 g/mol. The minimum atomic E-state index is -0.755. The van der Waals surface area contributed by atoms with Crippen molar-refractivity contribution in [1.82, 2.24) is 9.88 Å². The van der Waals surface area contributed by atoms with Crippen molar-refractivity contribution in [1.29, 1.82) is 0 Å². The molecule has 2 atom stereocenters. The number of fused-ring (bicyclic) bond motifs is 3. The molecule has 144 valence electrons. The number of amides is 1. The molecule has 0 radical (unpaired) electrons. The van der Waals surface area contributed by atoms with Gasteiger partial charge in [0, 0.05) is 35.5 Å². The Kier molecular flexibility index (Phi) is 4.81. The summed E-state index contributed by atoms with van der Waals surface area (Å²) in [7, 11) is 1.33. The maximum Gasteiger partial charge on any atom is 0.328 e. The van der Waals surface area contributed by atoms with Crippen molar-refractivity contribution in [3.8, 4) is 0 Å².